The topological polar surface area (TPSA) is 204 Å². The Balaban J connectivity index is 1.70. The summed E-state index contributed by atoms with van der Waals surface area (Å²) in [5.41, 5.74) is 0.0860. The van der Waals surface area contributed by atoms with Crippen molar-refractivity contribution in [3.63, 3.8) is 0 Å². The van der Waals surface area contributed by atoms with Gasteiger partial charge in [0.2, 0.25) is 5.91 Å². The first-order valence-corrected chi connectivity index (χ1v) is 13.0. The number of carbonyl (C=O) groups is 3. The van der Waals surface area contributed by atoms with Gasteiger partial charge in [0.25, 0.3) is 11.8 Å². The molecule has 1 fully saturated rings. The standard InChI is InChI=1S/C25H27FN6O8S/c1-39-6-5-27-23(35)24-30-18(11-41-24)14-7-13(26)8-17(20(14)40-2)29-16-9-19(31-21(33)12-3-4-12)28-10-15(16)22(34)32-25(36,37)38/h7-12,36-38H,3-6H2,1-2H3,(H,27,35)(H,32,34)(H2,28,29,31,33). The van der Waals surface area contributed by atoms with Gasteiger partial charge in [0.05, 0.1) is 36.3 Å². The highest BCUT2D eigenvalue weighted by Gasteiger charge is 2.30. The van der Waals surface area contributed by atoms with E-state index in [1.807, 2.05) is 0 Å². The molecule has 0 spiro atoms. The highest BCUT2D eigenvalue weighted by atomic mass is 32.1. The summed E-state index contributed by atoms with van der Waals surface area (Å²) in [4.78, 5) is 45.6. The Hall–Kier alpha value is -4.22. The molecule has 1 aliphatic rings. The molecule has 2 aromatic heterocycles. The van der Waals surface area contributed by atoms with Crippen molar-refractivity contribution < 1.29 is 43.6 Å². The molecule has 14 nitrogen and oxygen atoms in total. The van der Waals surface area contributed by atoms with Crippen molar-refractivity contribution in [1.29, 1.82) is 0 Å². The Morgan fingerprint density at radius 1 is 1.12 bits per heavy atom. The molecule has 0 atom stereocenters. The van der Waals surface area contributed by atoms with Crippen LogP contribution in [0.5, 0.6) is 5.75 Å². The number of hydrogen-bond acceptors (Lipinski definition) is 12. The van der Waals surface area contributed by atoms with Crippen LogP contribution in [0.3, 0.4) is 0 Å². The Morgan fingerprint density at radius 3 is 2.54 bits per heavy atom. The predicted molar refractivity (Wildman–Crippen MR) is 144 cm³/mol. The van der Waals surface area contributed by atoms with Crippen LogP contribution in [0.15, 0.2) is 29.8 Å². The zero-order valence-electron chi connectivity index (χ0n) is 21.9. The average Bonchev–Trinajstić information content (AvgIpc) is 3.64. The highest BCUT2D eigenvalue weighted by Crippen LogP contribution is 2.40. The van der Waals surface area contributed by atoms with Crippen molar-refractivity contribution in [2.45, 2.75) is 18.9 Å². The first-order chi connectivity index (χ1) is 19.5. The quantitative estimate of drug-likeness (QED) is 0.118. The van der Waals surface area contributed by atoms with Crippen LogP contribution in [-0.4, -0.2) is 76.5 Å². The number of methoxy groups -OCH3 is 2. The smallest absolute Gasteiger partial charge is 0.369 e. The third-order valence-electron chi connectivity index (χ3n) is 5.72. The van der Waals surface area contributed by atoms with Crippen molar-refractivity contribution in [2.75, 3.05) is 38.0 Å². The average molecular weight is 591 g/mol. The third-order valence-corrected chi connectivity index (χ3v) is 6.56. The molecule has 7 N–H and O–H groups in total. The van der Waals surface area contributed by atoms with E-state index in [1.165, 1.54) is 20.3 Å². The highest BCUT2D eigenvalue weighted by molar-refractivity contribution is 7.12. The van der Waals surface area contributed by atoms with E-state index in [9.17, 15) is 34.1 Å². The monoisotopic (exact) mass is 590 g/mol. The fourth-order valence-electron chi connectivity index (χ4n) is 3.69. The minimum Gasteiger partial charge on any atom is -0.494 e. The number of amides is 3. The number of aromatic nitrogens is 2. The maximum Gasteiger partial charge on any atom is 0.369 e. The van der Waals surface area contributed by atoms with E-state index < -0.39 is 23.7 Å². The van der Waals surface area contributed by atoms with Gasteiger partial charge in [0.15, 0.2) is 10.8 Å². The molecule has 1 saturated carbocycles. The molecule has 41 heavy (non-hydrogen) atoms. The molecule has 0 saturated heterocycles. The van der Waals surface area contributed by atoms with Crippen LogP contribution in [0.25, 0.3) is 11.3 Å². The summed E-state index contributed by atoms with van der Waals surface area (Å²) in [6, 6.07) is 3.51. The number of benzene rings is 1. The van der Waals surface area contributed by atoms with Crippen LogP contribution < -0.4 is 26.0 Å². The van der Waals surface area contributed by atoms with Crippen molar-refractivity contribution in [2.24, 2.45) is 5.92 Å². The Kier molecular flexibility index (Phi) is 9.09. The maximum atomic E-state index is 14.9. The normalized spacial score (nSPS) is 12.9. The van der Waals surface area contributed by atoms with Crippen LogP contribution in [0, 0.1) is 11.7 Å². The molecule has 16 heteroatoms. The van der Waals surface area contributed by atoms with Gasteiger partial charge in [-0.15, -0.1) is 11.3 Å². The summed E-state index contributed by atoms with van der Waals surface area (Å²) in [6.45, 7) is 0.587. The molecule has 0 unspecified atom stereocenters. The molecule has 0 aliphatic heterocycles. The largest absolute Gasteiger partial charge is 0.494 e. The second-order valence-electron chi connectivity index (χ2n) is 8.91. The lowest BCUT2D eigenvalue weighted by Gasteiger charge is -2.19. The lowest BCUT2D eigenvalue weighted by atomic mass is 10.1. The van der Waals surface area contributed by atoms with Crippen LogP contribution in [0.4, 0.5) is 21.6 Å². The molecule has 0 bridgehead atoms. The van der Waals surface area contributed by atoms with Crippen LogP contribution in [-0.2, 0) is 9.53 Å². The number of nitrogens with zero attached hydrogens (tertiary/aromatic N) is 2. The fourth-order valence-corrected chi connectivity index (χ4v) is 4.42. The molecule has 3 amide bonds. The second-order valence-corrected chi connectivity index (χ2v) is 9.77. The van der Waals surface area contributed by atoms with Crippen LogP contribution in [0.2, 0.25) is 0 Å². The summed E-state index contributed by atoms with van der Waals surface area (Å²) in [6.07, 6.45) is -1.04. The molecule has 4 rings (SSSR count). The number of hydrogen-bond donors (Lipinski definition) is 7. The number of halogens is 1. The molecular formula is C25H27FN6O8S. The number of ether oxygens (including phenoxy) is 2. The lowest BCUT2D eigenvalue weighted by Crippen LogP contribution is -2.48. The van der Waals surface area contributed by atoms with E-state index in [1.54, 1.807) is 10.7 Å². The molecule has 3 aromatic rings. The zero-order chi connectivity index (χ0) is 29.7. The lowest BCUT2D eigenvalue weighted by molar-refractivity contribution is -0.323. The number of rotatable bonds is 12. The van der Waals surface area contributed by atoms with Gasteiger partial charge in [-0.3, -0.25) is 19.7 Å². The SMILES string of the molecule is COCCNC(=O)c1nc(-c2cc(F)cc(Nc3cc(NC(=O)C4CC4)ncc3C(=O)NC(O)(O)O)c2OC)cs1. The van der Waals surface area contributed by atoms with Crippen LogP contribution >= 0.6 is 11.3 Å². The zero-order valence-corrected chi connectivity index (χ0v) is 22.7. The summed E-state index contributed by atoms with van der Waals surface area (Å²) < 4.78 is 25.3. The van der Waals surface area contributed by atoms with E-state index in [2.05, 4.69) is 25.9 Å². The molecule has 2 heterocycles. The number of carbonyl (C=O) groups excluding carboxylic acids is 3. The number of thiazole rings is 1. The first kappa shape index (κ1) is 29.8. The molecule has 0 radical (unpaired) electrons. The van der Waals surface area contributed by atoms with Gasteiger partial charge in [-0.05, 0) is 18.9 Å². The van der Waals surface area contributed by atoms with Gasteiger partial charge in [0.1, 0.15) is 11.6 Å². The summed E-state index contributed by atoms with van der Waals surface area (Å²) in [5.74, 6) is -2.58. The first-order valence-electron chi connectivity index (χ1n) is 12.2. The number of pyridine rings is 1. The van der Waals surface area contributed by atoms with Gasteiger partial charge >= 0.3 is 6.10 Å². The van der Waals surface area contributed by atoms with E-state index >= 15 is 0 Å². The van der Waals surface area contributed by atoms with E-state index in [-0.39, 0.29) is 63.1 Å². The predicted octanol–water partition coefficient (Wildman–Crippen LogP) is 1.14. The van der Waals surface area contributed by atoms with Gasteiger partial charge < -0.3 is 40.7 Å². The van der Waals surface area contributed by atoms with Crippen molar-refractivity contribution >= 4 is 46.3 Å². The maximum absolute atomic E-state index is 14.9. The Morgan fingerprint density at radius 2 is 1.88 bits per heavy atom. The van der Waals surface area contributed by atoms with Gasteiger partial charge in [0, 0.05) is 48.8 Å². The second kappa shape index (κ2) is 12.5. The van der Waals surface area contributed by atoms with E-state index in [0.29, 0.717) is 6.61 Å². The van der Waals surface area contributed by atoms with E-state index in [0.717, 1.165) is 42.5 Å². The summed E-state index contributed by atoms with van der Waals surface area (Å²) >= 11 is 1.04. The number of aliphatic hydroxyl groups is 3. The summed E-state index contributed by atoms with van der Waals surface area (Å²) in [7, 11) is 2.83. The molecule has 1 aromatic carbocycles. The van der Waals surface area contributed by atoms with Crippen molar-refractivity contribution in [3.05, 3.63) is 46.2 Å². The third kappa shape index (κ3) is 7.71. The molecule has 218 valence electrons. The van der Waals surface area contributed by atoms with Gasteiger partial charge in [-0.1, -0.05) is 0 Å². The van der Waals surface area contributed by atoms with Gasteiger partial charge in [-0.2, -0.15) is 0 Å². The van der Waals surface area contributed by atoms with Crippen LogP contribution in [0.1, 0.15) is 33.0 Å². The van der Waals surface area contributed by atoms with E-state index in [4.69, 9.17) is 9.47 Å². The Labute approximate surface area is 236 Å². The molecular weight excluding hydrogens is 563 g/mol. The Bertz CT molecular complexity index is 1460. The minimum absolute atomic E-state index is 0.0181. The number of nitrogens with one attached hydrogen (secondary N) is 4. The fraction of sp³-hybridized carbons (Fsp3) is 0.320. The number of anilines is 3. The van der Waals surface area contributed by atoms with Crippen molar-refractivity contribution in [3.8, 4) is 17.0 Å². The molecule has 1 aliphatic carbocycles. The van der Waals surface area contributed by atoms with Crippen molar-refractivity contribution in [1.82, 2.24) is 20.6 Å². The summed E-state index contributed by atoms with van der Waals surface area (Å²) in [5, 5.41) is 39.0. The minimum atomic E-state index is -3.53. The van der Waals surface area contributed by atoms with Gasteiger partial charge in [-0.25, -0.2) is 14.4 Å².